The summed E-state index contributed by atoms with van der Waals surface area (Å²) in [5.74, 6) is -0.654. The Hall–Kier alpha value is -4.93. The first-order valence-electron chi connectivity index (χ1n) is 15.3. The van der Waals surface area contributed by atoms with Crippen LogP contribution in [0.25, 0.3) is 5.57 Å². The summed E-state index contributed by atoms with van der Waals surface area (Å²) >= 11 is 0. The van der Waals surface area contributed by atoms with Gasteiger partial charge in [-0.25, -0.2) is 0 Å². The summed E-state index contributed by atoms with van der Waals surface area (Å²) in [6.07, 6.45) is 0. The van der Waals surface area contributed by atoms with E-state index in [1.807, 2.05) is 177 Å². The second kappa shape index (κ2) is 38.1. The Labute approximate surface area is 269 Å². The summed E-state index contributed by atoms with van der Waals surface area (Å²) in [6.45, 7) is 18.9. The number of benzene rings is 4. The number of hydrogen-bond acceptors (Lipinski definition) is 4. The highest BCUT2D eigenvalue weighted by molar-refractivity contribution is 5.86. The van der Waals surface area contributed by atoms with Gasteiger partial charge in [0.2, 0.25) is 0 Å². The molecule has 4 aromatic rings. The van der Waals surface area contributed by atoms with Gasteiger partial charge in [0.25, 0.3) is 0 Å². The van der Waals surface area contributed by atoms with Gasteiger partial charge in [-0.2, -0.15) is 10.5 Å². The van der Waals surface area contributed by atoms with Crippen molar-refractivity contribution >= 4 is 11.4 Å². The van der Waals surface area contributed by atoms with Gasteiger partial charge in [-0.05, 0) is 25.0 Å². The number of nitrogens with zero attached hydrogens (tertiary/aromatic N) is 2. The molecule has 0 aliphatic carbocycles. The minimum atomic E-state index is -0.605. The van der Waals surface area contributed by atoms with Gasteiger partial charge in [0.05, 0.1) is 11.6 Å². The Bertz CT molecular complexity index is 1140. The number of nitriles is 2. The largest absolute Gasteiger partial charge is 0.511 e. The number of ketones is 1. The van der Waals surface area contributed by atoms with Crippen molar-refractivity contribution in [3.8, 4) is 12.1 Å². The zero-order valence-corrected chi connectivity index (χ0v) is 28.5. The van der Waals surface area contributed by atoms with E-state index in [4.69, 9.17) is 15.6 Å². The van der Waals surface area contributed by atoms with E-state index in [9.17, 15) is 4.79 Å². The van der Waals surface area contributed by atoms with Crippen molar-refractivity contribution in [3.05, 3.63) is 150 Å². The minimum Gasteiger partial charge on any atom is -0.511 e. The Morgan fingerprint density at radius 3 is 1.05 bits per heavy atom. The van der Waals surface area contributed by atoms with Crippen molar-refractivity contribution < 1.29 is 9.90 Å². The molecule has 0 spiro atoms. The fourth-order valence-electron chi connectivity index (χ4n) is 2.77. The molecule has 0 aromatic heterocycles. The summed E-state index contributed by atoms with van der Waals surface area (Å²) in [4.78, 5) is 11.0. The second-order valence-corrected chi connectivity index (χ2v) is 7.33. The van der Waals surface area contributed by atoms with Gasteiger partial charge in [-0.3, -0.25) is 4.79 Å². The van der Waals surface area contributed by atoms with Crippen molar-refractivity contribution in [2.24, 2.45) is 0 Å². The van der Waals surface area contributed by atoms with E-state index in [1.54, 1.807) is 24.3 Å². The fourth-order valence-corrected chi connectivity index (χ4v) is 2.77. The van der Waals surface area contributed by atoms with E-state index in [2.05, 4.69) is 0 Å². The van der Waals surface area contributed by atoms with Crippen LogP contribution in [0.5, 0.6) is 0 Å². The number of rotatable bonds is 3. The second-order valence-electron chi connectivity index (χ2n) is 7.33. The van der Waals surface area contributed by atoms with E-state index in [0.717, 1.165) is 11.1 Å². The first kappa shape index (κ1) is 46.0. The first-order chi connectivity index (χ1) is 21.5. The lowest BCUT2D eigenvalue weighted by Gasteiger charge is -2.03. The average Bonchev–Trinajstić information content (AvgIpc) is 3.12. The molecule has 0 aliphatic rings. The molecular formula is C40H54N2O2. The van der Waals surface area contributed by atoms with E-state index >= 15 is 0 Å². The Morgan fingerprint density at radius 1 is 0.545 bits per heavy atom. The molecule has 0 saturated heterocycles. The van der Waals surface area contributed by atoms with E-state index in [1.165, 1.54) is 13.8 Å². The average molecular weight is 595 g/mol. The number of aliphatic hydroxyl groups is 1. The molecule has 236 valence electrons. The number of Topliss-reactive ketones (excluding diaryl/α,β-unsaturated/α-hetero) is 1. The monoisotopic (exact) mass is 594 g/mol. The van der Waals surface area contributed by atoms with E-state index < -0.39 is 5.92 Å². The highest BCUT2D eigenvalue weighted by Crippen LogP contribution is 2.15. The normalized spacial score (nSPS) is 9.09. The van der Waals surface area contributed by atoms with Gasteiger partial charge >= 0.3 is 0 Å². The molecule has 0 bridgehead atoms. The zero-order valence-electron chi connectivity index (χ0n) is 28.5. The minimum absolute atomic E-state index is 0.0590. The van der Waals surface area contributed by atoms with Crippen LogP contribution in [0.3, 0.4) is 0 Å². The molecule has 4 heteroatoms. The van der Waals surface area contributed by atoms with Crippen molar-refractivity contribution in [3.63, 3.8) is 0 Å². The first-order valence-corrected chi connectivity index (χ1v) is 15.3. The summed E-state index contributed by atoms with van der Waals surface area (Å²) < 4.78 is 0. The molecule has 1 atom stereocenters. The topological polar surface area (TPSA) is 84.9 Å². The summed E-state index contributed by atoms with van der Waals surface area (Å²) in [5, 5.41) is 26.5. The van der Waals surface area contributed by atoms with Crippen molar-refractivity contribution in [2.45, 2.75) is 75.2 Å². The molecule has 0 radical (unpaired) electrons. The van der Waals surface area contributed by atoms with Gasteiger partial charge in [0.15, 0.2) is 5.78 Å². The predicted octanol–water partition coefficient (Wildman–Crippen LogP) is 11.9. The number of allylic oxidation sites excluding steroid dienone is 2. The quantitative estimate of drug-likeness (QED) is 0.189. The van der Waals surface area contributed by atoms with Crippen LogP contribution < -0.4 is 0 Å². The molecule has 0 fully saturated rings. The number of aliphatic hydroxyl groups excluding tert-OH is 1. The SMILES string of the molecule is CC.CC.CC.CC.CC(=O)C(C#N)c1ccccc1.CC(O)=C(C#N)c1ccccc1.c1ccccc1.c1ccccc1. The van der Waals surface area contributed by atoms with Crippen LogP contribution >= 0.6 is 0 Å². The molecule has 0 saturated carbocycles. The lowest BCUT2D eigenvalue weighted by atomic mass is 9.97. The smallest absolute Gasteiger partial charge is 0.151 e. The van der Waals surface area contributed by atoms with Gasteiger partial charge in [0, 0.05) is 0 Å². The summed E-state index contributed by atoms with van der Waals surface area (Å²) in [5.41, 5.74) is 1.85. The summed E-state index contributed by atoms with van der Waals surface area (Å²) in [6, 6.07) is 46.1. The number of carbonyl (C=O) groups excluding carboxylic acids is 1. The molecule has 1 N–H and O–H groups in total. The highest BCUT2D eigenvalue weighted by Gasteiger charge is 2.14. The zero-order chi connectivity index (χ0) is 34.4. The van der Waals surface area contributed by atoms with E-state index in [0.29, 0.717) is 5.57 Å². The predicted molar refractivity (Wildman–Crippen MR) is 191 cm³/mol. The molecule has 0 aliphatic heterocycles. The van der Waals surface area contributed by atoms with Crippen LogP contribution in [0.1, 0.15) is 86.3 Å². The third-order valence-electron chi connectivity index (χ3n) is 4.54. The third kappa shape index (κ3) is 26.0. The van der Waals surface area contributed by atoms with Crippen molar-refractivity contribution in [1.29, 1.82) is 10.5 Å². The number of hydrogen-bond donors (Lipinski definition) is 1. The van der Waals surface area contributed by atoms with Crippen LogP contribution in [0, 0.1) is 22.7 Å². The van der Waals surface area contributed by atoms with Crippen LogP contribution in [-0.4, -0.2) is 10.9 Å². The summed E-state index contributed by atoms with van der Waals surface area (Å²) in [7, 11) is 0. The molecule has 44 heavy (non-hydrogen) atoms. The molecule has 0 heterocycles. The van der Waals surface area contributed by atoms with Gasteiger partial charge in [-0.1, -0.05) is 189 Å². The van der Waals surface area contributed by atoms with Gasteiger partial charge in [-0.15, -0.1) is 0 Å². The maximum absolute atomic E-state index is 11.0. The third-order valence-corrected chi connectivity index (χ3v) is 4.54. The lowest BCUT2D eigenvalue weighted by Crippen LogP contribution is -2.05. The molecular weight excluding hydrogens is 540 g/mol. The maximum Gasteiger partial charge on any atom is 0.151 e. The number of carbonyl (C=O) groups is 1. The van der Waals surface area contributed by atoms with Crippen LogP contribution in [-0.2, 0) is 4.79 Å². The maximum atomic E-state index is 11.0. The molecule has 1 unspecified atom stereocenters. The van der Waals surface area contributed by atoms with Gasteiger partial charge in [0.1, 0.15) is 17.7 Å². The van der Waals surface area contributed by atoms with Crippen molar-refractivity contribution in [2.75, 3.05) is 0 Å². The molecule has 4 rings (SSSR count). The molecule has 4 nitrogen and oxygen atoms in total. The highest BCUT2D eigenvalue weighted by atomic mass is 16.3. The van der Waals surface area contributed by atoms with E-state index in [-0.39, 0.29) is 11.5 Å². The standard InChI is InChI=1S/2C10H9NO.2C6H6.4C2H6/c2*1-8(12)10(7-11)9-5-3-2-4-6-9;2*1-2-4-6-5-3-1;4*1-2/h2-6,12H,1H3;2-6,10H,1H3;2*1-6H;4*1-2H3. The Morgan fingerprint density at radius 2 is 0.818 bits per heavy atom. The Kier molecular flexibility index (Phi) is 39.8. The Balaban J connectivity index is -0.000000232. The van der Waals surface area contributed by atoms with Crippen molar-refractivity contribution in [1.82, 2.24) is 0 Å². The molecule has 0 amide bonds. The fraction of sp³-hybridized carbons (Fsp3) is 0.275. The van der Waals surface area contributed by atoms with Crippen LogP contribution in [0.4, 0.5) is 0 Å². The van der Waals surface area contributed by atoms with Gasteiger partial charge < -0.3 is 5.11 Å². The lowest BCUT2D eigenvalue weighted by molar-refractivity contribution is -0.117. The van der Waals surface area contributed by atoms with Crippen LogP contribution in [0.15, 0.2) is 139 Å². The molecule has 4 aromatic carbocycles. The van der Waals surface area contributed by atoms with Crippen LogP contribution in [0.2, 0.25) is 0 Å².